The minimum absolute atomic E-state index is 0.0843. The van der Waals surface area contributed by atoms with Crippen molar-refractivity contribution in [2.75, 3.05) is 44.3 Å². The Kier molecular flexibility index (Phi) is 4.95. The predicted octanol–water partition coefficient (Wildman–Crippen LogP) is 2.35. The number of anilines is 1. The van der Waals surface area contributed by atoms with Crippen LogP contribution in [0.15, 0.2) is 6.07 Å². The normalized spacial score (nSPS) is 20.9. The van der Waals surface area contributed by atoms with E-state index < -0.39 is 0 Å². The zero-order valence-corrected chi connectivity index (χ0v) is 16.4. The highest BCUT2D eigenvalue weighted by molar-refractivity contribution is 5.97. The van der Waals surface area contributed by atoms with Gasteiger partial charge in [0.1, 0.15) is 5.82 Å². The zero-order chi connectivity index (χ0) is 19.0. The molecule has 4 heterocycles. The van der Waals surface area contributed by atoms with E-state index in [-0.39, 0.29) is 11.7 Å². The summed E-state index contributed by atoms with van der Waals surface area (Å²) in [7, 11) is 0. The molecule has 0 aromatic carbocycles. The van der Waals surface area contributed by atoms with Crippen LogP contribution < -0.4 is 4.90 Å². The van der Waals surface area contributed by atoms with Gasteiger partial charge in [0.25, 0.3) is 5.91 Å². The van der Waals surface area contributed by atoms with Crippen molar-refractivity contribution in [2.45, 2.75) is 33.6 Å². The summed E-state index contributed by atoms with van der Waals surface area (Å²) in [6.07, 6.45) is 2.20. The number of ether oxygens (including phenoxy) is 1. The maximum absolute atomic E-state index is 13.1. The fourth-order valence-electron chi connectivity index (χ4n) is 4.07. The van der Waals surface area contributed by atoms with Gasteiger partial charge in [0.2, 0.25) is 5.82 Å². The molecule has 27 heavy (non-hydrogen) atoms. The average molecular weight is 369 g/mol. The van der Waals surface area contributed by atoms with Gasteiger partial charge in [-0.15, -0.1) is 0 Å². The number of carbonyl (C=O) groups excluding carboxylic acids is 1. The zero-order valence-electron chi connectivity index (χ0n) is 16.4. The molecule has 0 aliphatic carbocycles. The number of pyridine rings is 1. The quantitative estimate of drug-likeness (QED) is 0.809. The van der Waals surface area contributed by atoms with Crippen molar-refractivity contribution in [3.05, 3.63) is 23.1 Å². The molecule has 144 valence electrons. The number of carbonyl (C=O) groups is 1. The first kappa shape index (κ1) is 18.1. The predicted molar refractivity (Wildman–Crippen MR) is 104 cm³/mol. The molecule has 0 spiro atoms. The van der Waals surface area contributed by atoms with Gasteiger partial charge in [-0.3, -0.25) is 4.79 Å². The molecular weight excluding hydrogens is 342 g/mol. The molecule has 0 radical (unpaired) electrons. The van der Waals surface area contributed by atoms with Crippen LogP contribution in [-0.4, -0.2) is 65.2 Å². The van der Waals surface area contributed by atoms with Gasteiger partial charge in [-0.1, -0.05) is 6.92 Å². The van der Waals surface area contributed by atoms with Crippen LogP contribution in [0.3, 0.4) is 0 Å². The Balaban J connectivity index is 1.80. The number of fused-ring (bicyclic) bond motifs is 1. The Morgan fingerprint density at radius 1 is 1.15 bits per heavy atom. The van der Waals surface area contributed by atoms with Crippen LogP contribution in [0.2, 0.25) is 0 Å². The van der Waals surface area contributed by atoms with Crippen molar-refractivity contribution >= 4 is 22.8 Å². The van der Waals surface area contributed by atoms with Gasteiger partial charge in [0.15, 0.2) is 5.65 Å². The number of aryl methyl sites for hydroxylation is 2. The van der Waals surface area contributed by atoms with Gasteiger partial charge < -0.3 is 14.5 Å². The van der Waals surface area contributed by atoms with Crippen molar-refractivity contribution in [3.63, 3.8) is 0 Å². The number of hydrogen-bond donors (Lipinski definition) is 0. The highest BCUT2D eigenvalue weighted by Crippen LogP contribution is 2.28. The van der Waals surface area contributed by atoms with E-state index in [9.17, 15) is 4.79 Å². The lowest BCUT2D eigenvalue weighted by Crippen LogP contribution is -2.41. The third-order valence-electron chi connectivity index (χ3n) is 5.42. The molecule has 0 unspecified atom stereocenters. The summed E-state index contributed by atoms with van der Waals surface area (Å²) < 4.78 is 5.49. The maximum Gasteiger partial charge on any atom is 0.291 e. The summed E-state index contributed by atoms with van der Waals surface area (Å²) >= 11 is 0. The second-order valence-electron chi connectivity index (χ2n) is 7.75. The molecule has 2 aromatic rings. The SMILES string of the molecule is Cc1cc(C)c2c(N3CCOCC3)nc(C(=O)N3CCC[C@H](C)C3)nc2n1. The first-order valence-electron chi connectivity index (χ1n) is 9.81. The second-order valence-corrected chi connectivity index (χ2v) is 7.75. The second kappa shape index (κ2) is 7.38. The van der Waals surface area contributed by atoms with E-state index >= 15 is 0 Å². The van der Waals surface area contributed by atoms with E-state index in [2.05, 4.69) is 28.7 Å². The Morgan fingerprint density at radius 2 is 1.93 bits per heavy atom. The first-order chi connectivity index (χ1) is 13.0. The monoisotopic (exact) mass is 369 g/mol. The summed E-state index contributed by atoms with van der Waals surface area (Å²) in [5.74, 6) is 1.50. The third kappa shape index (κ3) is 3.60. The van der Waals surface area contributed by atoms with Gasteiger partial charge >= 0.3 is 0 Å². The Bertz CT molecular complexity index is 863. The fraction of sp³-hybridized carbons (Fsp3) is 0.600. The molecule has 2 saturated heterocycles. The highest BCUT2D eigenvalue weighted by atomic mass is 16.5. The smallest absolute Gasteiger partial charge is 0.291 e. The van der Waals surface area contributed by atoms with Gasteiger partial charge in [0, 0.05) is 31.9 Å². The largest absolute Gasteiger partial charge is 0.378 e. The number of piperidine rings is 1. The molecule has 4 rings (SSSR count). The number of aromatic nitrogens is 3. The van der Waals surface area contributed by atoms with E-state index in [0.29, 0.717) is 24.8 Å². The van der Waals surface area contributed by atoms with E-state index in [0.717, 1.165) is 55.1 Å². The van der Waals surface area contributed by atoms with Crippen molar-refractivity contribution in [1.82, 2.24) is 19.9 Å². The van der Waals surface area contributed by atoms with E-state index in [1.54, 1.807) is 0 Å². The summed E-state index contributed by atoms with van der Waals surface area (Å²) in [4.78, 5) is 31.1. The molecule has 2 fully saturated rings. The van der Waals surface area contributed by atoms with E-state index in [1.165, 1.54) is 6.42 Å². The van der Waals surface area contributed by atoms with Crippen molar-refractivity contribution in [1.29, 1.82) is 0 Å². The maximum atomic E-state index is 13.1. The summed E-state index contributed by atoms with van der Waals surface area (Å²) in [5, 5.41) is 0.936. The number of morpholine rings is 1. The number of nitrogens with zero attached hydrogens (tertiary/aromatic N) is 5. The lowest BCUT2D eigenvalue weighted by atomic mass is 10.0. The average Bonchev–Trinajstić information content (AvgIpc) is 2.67. The minimum Gasteiger partial charge on any atom is -0.378 e. The third-order valence-corrected chi connectivity index (χ3v) is 5.42. The molecule has 0 bridgehead atoms. The molecule has 1 amide bonds. The van der Waals surface area contributed by atoms with Gasteiger partial charge in [-0.05, 0) is 44.2 Å². The lowest BCUT2D eigenvalue weighted by Gasteiger charge is -2.31. The molecule has 2 aliphatic heterocycles. The first-order valence-corrected chi connectivity index (χ1v) is 9.81. The molecule has 2 aromatic heterocycles. The molecule has 0 N–H and O–H groups in total. The van der Waals surface area contributed by atoms with Crippen LogP contribution in [-0.2, 0) is 4.74 Å². The number of hydrogen-bond acceptors (Lipinski definition) is 6. The molecular formula is C20H27N5O2. The summed E-state index contributed by atoms with van der Waals surface area (Å²) in [5.41, 5.74) is 2.60. The van der Waals surface area contributed by atoms with Crippen LogP contribution in [0.1, 0.15) is 41.6 Å². The standard InChI is InChI=1S/C20H27N5O2/c1-13-5-4-6-25(12-13)20(26)18-22-17-16(14(2)11-15(3)21-17)19(23-18)24-7-9-27-10-8-24/h11,13H,4-10,12H2,1-3H3/t13-/m0/s1. The van der Waals surface area contributed by atoms with Crippen molar-refractivity contribution < 1.29 is 9.53 Å². The molecule has 7 heteroatoms. The van der Waals surface area contributed by atoms with E-state index in [4.69, 9.17) is 9.72 Å². The van der Waals surface area contributed by atoms with Crippen LogP contribution in [0, 0.1) is 19.8 Å². The van der Waals surface area contributed by atoms with Gasteiger partial charge in [-0.25, -0.2) is 15.0 Å². The van der Waals surface area contributed by atoms with Crippen LogP contribution in [0.5, 0.6) is 0 Å². The summed E-state index contributed by atoms with van der Waals surface area (Å²) in [6.45, 7) is 10.6. The fourth-order valence-corrected chi connectivity index (χ4v) is 4.07. The Labute approximate surface area is 159 Å². The lowest BCUT2D eigenvalue weighted by molar-refractivity contribution is 0.0671. The Morgan fingerprint density at radius 3 is 2.67 bits per heavy atom. The molecule has 7 nitrogen and oxygen atoms in total. The number of rotatable bonds is 2. The topological polar surface area (TPSA) is 71.5 Å². The van der Waals surface area contributed by atoms with Gasteiger partial charge in [-0.2, -0.15) is 0 Å². The van der Waals surface area contributed by atoms with Crippen LogP contribution in [0.4, 0.5) is 5.82 Å². The summed E-state index contributed by atoms with van der Waals surface area (Å²) in [6, 6.07) is 2.05. The van der Waals surface area contributed by atoms with Gasteiger partial charge in [0.05, 0.1) is 18.6 Å². The minimum atomic E-state index is -0.0843. The number of amides is 1. The van der Waals surface area contributed by atoms with E-state index in [1.807, 2.05) is 17.9 Å². The molecule has 1 atom stereocenters. The number of likely N-dealkylation sites (tertiary alicyclic amines) is 1. The molecule has 0 saturated carbocycles. The molecule has 2 aliphatic rings. The van der Waals surface area contributed by atoms with Crippen molar-refractivity contribution in [2.24, 2.45) is 5.92 Å². The highest BCUT2D eigenvalue weighted by Gasteiger charge is 2.27. The van der Waals surface area contributed by atoms with Crippen LogP contribution in [0.25, 0.3) is 11.0 Å². The van der Waals surface area contributed by atoms with Crippen LogP contribution >= 0.6 is 0 Å². The van der Waals surface area contributed by atoms with Crippen molar-refractivity contribution in [3.8, 4) is 0 Å². The Hall–Kier alpha value is -2.28.